The SMILES string of the molecule is CNC(=O)CSCc1ccc(-c2onc(C)c2NC(=O)OC(C)c2ccccc2Cl)cc1. The van der Waals surface area contributed by atoms with Crippen molar-refractivity contribution in [1.29, 1.82) is 0 Å². The van der Waals surface area contributed by atoms with Gasteiger partial charge in [0.05, 0.1) is 5.75 Å². The molecule has 3 aromatic rings. The summed E-state index contributed by atoms with van der Waals surface area (Å²) in [6, 6.07) is 14.9. The van der Waals surface area contributed by atoms with E-state index >= 15 is 0 Å². The van der Waals surface area contributed by atoms with E-state index in [9.17, 15) is 9.59 Å². The van der Waals surface area contributed by atoms with Gasteiger partial charge in [-0.2, -0.15) is 0 Å². The zero-order chi connectivity index (χ0) is 23.1. The first-order valence-corrected chi connectivity index (χ1v) is 11.5. The number of hydrogen-bond acceptors (Lipinski definition) is 6. The Kier molecular flexibility index (Phi) is 8.19. The highest BCUT2D eigenvalue weighted by atomic mass is 35.5. The van der Waals surface area contributed by atoms with E-state index in [1.165, 1.54) is 11.8 Å². The number of amides is 2. The number of carbonyl (C=O) groups excluding carboxylic acids is 2. The van der Waals surface area contributed by atoms with E-state index in [1.807, 2.05) is 42.5 Å². The summed E-state index contributed by atoms with van der Waals surface area (Å²) in [6.07, 6.45) is -1.16. The molecule has 0 fully saturated rings. The minimum Gasteiger partial charge on any atom is -0.441 e. The Bertz CT molecular complexity index is 1090. The summed E-state index contributed by atoms with van der Waals surface area (Å²) in [5, 5.41) is 9.85. The van der Waals surface area contributed by atoms with Gasteiger partial charge in [0.2, 0.25) is 5.91 Å². The van der Waals surface area contributed by atoms with Gasteiger partial charge in [-0.15, -0.1) is 11.8 Å². The lowest BCUT2D eigenvalue weighted by Crippen LogP contribution is -2.19. The van der Waals surface area contributed by atoms with E-state index in [4.69, 9.17) is 20.9 Å². The predicted octanol–water partition coefficient (Wildman–Crippen LogP) is 5.59. The van der Waals surface area contributed by atoms with Gasteiger partial charge < -0.3 is 14.6 Å². The number of aryl methyl sites for hydroxylation is 1. The highest BCUT2D eigenvalue weighted by Gasteiger charge is 2.20. The Hall–Kier alpha value is -2.97. The molecular weight excluding hydrogens is 450 g/mol. The van der Waals surface area contributed by atoms with Crippen molar-refractivity contribution in [2.45, 2.75) is 25.7 Å². The number of anilines is 1. The quantitative estimate of drug-likeness (QED) is 0.442. The molecule has 0 aliphatic carbocycles. The molecule has 3 rings (SSSR count). The van der Waals surface area contributed by atoms with Crippen LogP contribution in [0, 0.1) is 6.92 Å². The maximum absolute atomic E-state index is 12.5. The standard InChI is InChI=1S/C23H24ClN3O4S/c1-14-21(26-23(29)30-15(2)18-6-4-5-7-19(18)24)22(31-27-14)17-10-8-16(9-11-17)12-32-13-20(28)25-3/h4-11,15H,12-13H2,1-3H3,(H,25,28)(H,26,29). The Morgan fingerprint density at radius 2 is 1.91 bits per heavy atom. The van der Waals surface area contributed by atoms with Crippen LogP contribution in [0.25, 0.3) is 11.3 Å². The van der Waals surface area contributed by atoms with Gasteiger partial charge in [-0.1, -0.05) is 59.2 Å². The van der Waals surface area contributed by atoms with Gasteiger partial charge in [0.15, 0.2) is 5.76 Å². The average molecular weight is 474 g/mol. The molecule has 1 unspecified atom stereocenters. The Balaban J connectivity index is 1.66. The number of ether oxygens (including phenoxy) is 1. The van der Waals surface area contributed by atoms with Crippen molar-refractivity contribution in [2.24, 2.45) is 0 Å². The fourth-order valence-electron chi connectivity index (χ4n) is 2.96. The molecule has 0 radical (unpaired) electrons. The van der Waals surface area contributed by atoms with E-state index in [0.29, 0.717) is 33.7 Å². The summed E-state index contributed by atoms with van der Waals surface area (Å²) in [5.41, 5.74) is 3.54. The third kappa shape index (κ3) is 6.05. The van der Waals surface area contributed by atoms with Crippen molar-refractivity contribution in [3.63, 3.8) is 0 Å². The van der Waals surface area contributed by atoms with Crippen LogP contribution in [0.15, 0.2) is 53.1 Å². The van der Waals surface area contributed by atoms with E-state index in [1.54, 1.807) is 27.0 Å². The summed E-state index contributed by atoms with van der Waals surface area (Å²) in [6.45, 7) is 3.49. The second-order valence-corrected chi connectivity index (χ2v) is 8.42. The third-order valence-electron chi connectivity index (χ3n) is 4.71. The van der Waals surface area contributed by atoms with Crippen molar-refractivity contribution < 1.29 is 18.8 Å². The fraction of sp³-hybridized carbons (Fsp3) is 0.261. The van der Waals surface area contributed by atoms with Crippen LogP contribution in [-0.4, -0.2) is 30.0 Å². The smallest absolute Gasteiger partial charge is 0.412 e. The average Bonchev–Trinajstić information content (AvgIpc) is 3.14. The van der Waals surface area contributed by atoms with E-state index in [-0.39, 0.29) is 5.91 Å². The number of rotatable bonds is 8. The molecule has 1 atom stereocenters. The number of thioether (sulfide) groups is 1. The van der Waals surface area contributed by atoms with Crippen molar-refractivity contribution in [3.8, 4) is 11.3 Å². The predicted molar refractivity (Wildman–Crippen MR) is 127 cm³/mol. The molecule has 0 bridgehead atoms. The molecule has 0 saturated heterocycles. The van der Waals surface area contributed by atoms with Gasteiger partial charge in [0.25, 0.3) is 0 Å². The molecule has 0 aliphatic rings. The molecule has 1 heterocycles. The highest BCUT2D eigenvalue weighted by molar-refractivity contribution is 7.99. The minimum absolute atomic E-state index is 0.00443. The summed E-state index contributed by atoms with van der Waals surface area (Å²) >= 11 is 7.72. The highest BCUT2D eigenvalue weighted by Crippen LogP contribution is 2.32. The number of nitrogens with zero attached hydrogens (tertiary/aromatic N) is 1. The molecule has 2 N–H and O–H groups in total. The Morgan fingerprint density at radius 1 is 1.19 bits per heavy atom. The normalized spacial score (nSPS) is 11.6. The van der Waals surface area contributed by atoms with Crippen LogP contribution in [0.1, 0.15) is 29.8 Å². The molecular formula is C23H24ClN3O4S. The van der Waals surface area contributed by atoms with E-state index < -0.39 is 12.2 Å². The fourth-order valence-corrected chi connectivity index (χ4v) is 4.11. The Labute approximate surface area is 195 Å². The first kappa shape index (κ1) is 23.7. The van der Waals surface area contributed by atoms with Gasteiger partial charge in [-0.05, 0) is 25.5 Å². The van der Waals surface area contributed by atoms with Gasteiger partial charge in [-0.3, -0.25) is 10.1 Å². The maximum Gasteiger partial charge on any atom is 0.412 e. The summed E-state index contributed by atoms with van der Waals surface area (Å²) in [4.78, 5) is 23.8. The van der Waals surface area contributed by atoms with Crippen LogP contribution >= 0.6 is 23.4 Å². The van der Waals surface area contributed by atoms with E-state index in [0.717, 1.165) is 16.7 Å². The van der Waals surface area contributed by atoms with Crippen molar-refractivity contribution in [1.82, 2.24) is 10.5 Å². The minimum atomic E-state index is -0.632. The monoisotopic (exact) mass is 473 g/mol. The summed E-state index contributed by atoms with van der Waals surface area (Å²) < 4.78 is 10.9. The summed E-state index contributed by atoms with van der Waals surface area (Å²) in [7, 11) is 1.62. The molecule has 1 aromatic heterocycles. The van der Waals surface area contributed by atoms with Crippen LogP contribution in [-0.2, 0) is 15.3 Å². The van der Waals surface area contributed by atoms with Crippen molar-refractivity contribution in [3.05, 3.63) is 70.4 Å². The topological polar surface area (TPSA) is 93.5 Å². The third-order valence-corrected chi connectivity index (χ3v) is 6.06. The van der Waals surface area contributed by atoms with Gasteiger partial charge in [0.1, 0.15) is 17.5 Å². The van der Waals surface area contributed by atoms with Gasteiger partial charge in [-0.25, -0.2) is 4.79 Å². The molecule has 7 nitrogen and oxygen atoms in total. The molecule has 32 heavy (non-hydrogen) atoms. The van der Waals surface area contributed by atoms with Gasteiger partial charge in [0, 0.05) is 29.0 Å². The van der Waals surface area contributed by atoms with Gasteiger partial charge >= 0.3 is 6.09 Å². The van der Waals surface area contributed by atoms with Crippen LogP contribution in [0.3, 0.4) is 0 Å². The lowest BCUT2D eigenvalue weighted by molar-refractivity contribution is -0.118. The zero-order valence-electron chi connectivity index (χ0n) is 18.0. The van der Waals surface area contributed by atoms with Crippen LogP contribution in [0.4, 0.5) is 10.5 Å². The number of halogens is 1. The molecule has 2 amide bonds. The van der Waals surface area contributed by atoms with Crippen LogP contribution < -0.4 is 10.6 Å². The molecule has 0 spiro atoms. The second kappa shape index (κ2) is 11.1. The molecule has 9 heteroatoms. The molecule has 2 aromatic carbocycles. The number of carbonyl (C=O) groups is 2. The first-order valence-electron chi connectivity index (χ1n) is 9.95. The summed E-state index contributed by atoms with van der Waals surface area (Å²) in [5.74, 6) is 1.55. The second-order valence-electron chi connectivity index (χ2n) is 7.03. The molecule has 0 aliphatic heterocycles. The first-order chi connectivity index (χ1) is 15.4. The number of nitrogens with one attached hydrogen (secondary N) is 2. The largest absolute Gasteiger partial charge is 0.441 e. The number of aromatic nitrogens is 1. The van der Waals surface area contributed by atoms with Crippen molar-refractivity contribution >= 4 is 41.1 Å². The van der Waals surface area contributed by atoms with Crippen molar-refractivity contribution in [2.75, 3.05) is 18.1 Å². The number of benzene rings is 2. The lowest BCUT2D eigenvalue weighted by atomic mass is 10.1. The zero-order valence-corrected chi connectivity index (χ0v) is 19.5. The maximum atomic E-state index is 12.5. The van der Waals surface area contributed by atoms with Crippen LogP contribution in [0.5, 0.6) is 0 Å². The van der Waals surface area contributed by atoms with E-state index in [2.05, 4.69) is 15.8 Å². The molecule has 168 valence electrons. The lowest BCUT2D eigenvalue weighted by Gasteiger charge is -2.15. The molecule has 0 saturated carbocycles. The Morgan fingerprint density at radius 3 is 2.59 bits per heavy atom. The number of hydrogen-bond donors (Lipinski definition) is 2. The van der Waals surface area contributed by atoms with Crippen LogP contribution in [0.2, 0.25) is 5.02 Å².